The van der Waals surface area contributed by atoms with E-state index in [1.807, 2.05) is 121 Å². The van der Waals surface area contributed by atoms with Gasteiger partial charge in [-0.2, -0.15) is 0 Å². The van der Waals surface area contributed by atoms with Gasteiger partial charge in [-0.1, -0.05) is 72.8 Å². The van der Waals surface area contributed by atoms with E-state index < -0.39 is 12.3 Å². The molecule has 2 aliphatic heterocycles. The molecule has 6 rings (SSSR count). The van der Waals surface area contributed by atoms with Gasteiger partial charge < -0.3 is 18.9 Å². The molecule has 2 saturated heterocycles. The van der Waals surface area contributed by atoms with E-state index in [9.17, 15) is 9.59 Å². The van der Waals surface area contributed by atoms with Gasteiger partial charge in [0.25, 0.3) is 0 Å². The molecule has 4 aromatic carbocycles. The molecule has 10 heteroatoms. The molecule has 0 aromatic heterocycles. The van der Waals surface area contributed by atoms with Crippen molar-refractivity contribution in [2.45, 2.75) is 12.3 Å². The zero-order chi connectivity index (χ0) is 28.7. The van der Waals surface area contributed by atoms with E-state index in [2.05, 4.69) is 0 Å². The number of benzene rings is 4. The van der Waals surface area contributed by atoms with E-state index in [1.54, 1.807) is 0 Å². The number of urea groups is 2. The minimum absolute atomic E-state index is 0.0889. The fourth-order valence-electron chi connectivity index (χ4n) is 4.93. The molecule has 2 aliphatic rings. The van der Waals surface area contributed by atoms with E-state index in [-0.39, 0.29) is 39.0 Å². The van der Waals surface area contributed by atoms with Crippen LogP contribution in [0.5, 0.6) is 23.0 Å². The summed E-state index contributed by atoms with van der Waals surface area (Å²) in [6, 6.07) is 36.1. The molecule has 2 fully saturated rings. The lowest BCUT2D eigenvalue weighted by Gasteiger charge is -2.29. The minimum Gasteiger partial charge on any atom is -0.473 e. The molecule has 0 saturated carbocycles. The average molecular weight is 567 g/mol. The van der Waals surface area contributed by atoms with Crippen molar-refractivity contribution in [3.05, 3.63) is 121 Å². The maximum Gasteiger partial charge on any atom is 0.328 e. The topological polar surface area (TPSA) is 84.0 Å². The summed E-state index contributed by atoms with van der Waals surface area (Å²) in [5, 5.41) is 0. The first-order valence-electron chi connectivity index (χ1n) is 13.5. The lowest BCUT2D eigenvalue weighted by atomic mass is 10.3. The monoisotopic (exact) mass is 566 g/mol. The number of carbonyl (C=O) groups excluding carboxylic acids is 2. The van der Waals surface area contributed by atoms with Gasteiger partial charge in [-0.25, -0.2) is 9.59 Å². The summed E-state index contributed by atoms with van der Waals surface area (Å²) in [5.41, 5.74) is 0. The zero-order valence-electron chi connectivity index (χ0n) is 22.8. The Morgan fingerprint density at radius 3 is 0.810 bits per heavy atom. The Balaban J connectivity index is 1.30. The van der Waals surface area contributed by atoms with Crippen molar-refractivity contribution >= 4 is 12.1 Å². The molecule has 4 amide bonds. The summed E-state index contributed by atoms with van der Waals surface area (Å²) in [4.78, 5) is 34.0. The van der Waals surface area contributed by atoms with Crippen LogP contribution in [0.2, 0.25) is 0 Å². The molecular weight excluding hydrogens is 536 g/mol. The van der Waals surface area contributed by atoms with Crippen LogP contribution in [0.1, 0.15) is 0 Å². The van der Waals surface area contributed by atoms with Gasteiger partial charge >= 0.3 is 12.1 Å². The number of ether oxygens (including phenoxy) is 4. The first kappa shape index (κ1) is 26.8. The molecule has 0 spiro atoms. The van der Waals surface area contributed by atoms with E-state index in [0.29, 0.717) is 23.0 Å². The molecule has 0 bridgehead atoms. The Labute approximate surface area is 243 Å². The molecule has 0 N–H and O–H groups in total. The number of fused-ring (bicyclic) bond motifs is 1. The van der Waals surface area contributed by atoms with Crippen molar-refractivity contribution in [2.24, 2.45) is 0 Å². The summed E-state index contributed by atoms with van der Waals surface area (Å²) < 4.78 is 24.0. The van der Waals surface area contributed by atoms with Gasteiger partial charge in [0, 0.05) is 0 Å². The van der Waals surface area contributed by atoms with Crippen molar-refractivity contribution in [3.63, 3.8) is 0 Å². The maximum atomic E-state index is 14.0. The number of amides is 4. The highest BCUT2D eigenvalue weighted by molar-refractivity contribution is 5.85. The number of carbonyl (C=O) groups is 2. The molecule has 0 atom stereocenters. The lowest BCUT2D eigenvalue weighted by Crippen LogP contribution is -2.49. The first-order chi connectivity index (χ1) is 20.7. The Morgan fingerprint density at radius 2 is 0.595 bits per heavy atom. The first-order valence-corrected chi connectivity index (χ1v) is 13.5. The maximum absolute atomic E-state index is 14.0. The van der Waals surface area contributed by atoms with Crippen molar-refractivity contribution < 1.29 is 28.5 Å². The summed E-state index contributed by atoms with van der Waals surface area (Å²) >= 11 is 0. The highest BCUT2D eigenvalue weighted by Gasteiger charge is 2.60. The Morgan fingerprint density at radius 1 is 0.381 bits per heavy atom. The number of hydrogen-bond donors (Lipinski definition) is 0. The highest BCUT2D eigenvalue weighted by atomic mass is 16.5. The van der Waals surface area contributed by atoms with Crippen molar-refractivity contribution in [1.29, 1.82) is 0 Å². The quantitative estimate of drug-likeness (QED) is 0.233. The molecule has 10 nitrogen and oxygen atoms in total. The van der Waals surface area contributed by atoms with Gasteiger partial charge in [0.15, 0.2) is 39.3 Å². The van der Waals surface area contributed by atoms with Crippen LogP contribution in [-0.2, 0) is 0 Å². The molecule has 0 radical (unpaired) electrons. The van der Waals surface area contributed by atoms with Crippen LogP contribution in [0.3, 0.4) is 0 Å². The van der Waals surface area contributed by atoms with Crippen molar-refractivity contribution in [1.82, 2.24) is 19.6 Å². The minimum atomic E-state index is -0.740. The molecular formula is C32H30N4O6. The second kappa shape index (κ2) is 12.4. The van der Waals surface area contributed by atoms with Gasteiger partial charge in [0.05, 0.1) is 0 Å². The van der Waals surface area contributed by atoms with Crippen LogP contribution in [0.25, 0.3) is 0 Å². The van der Waals surface area contributed by atoms with Crippen molar-refractivity contribution in [3.8, 4) is 23.0 Å². The van der Waals surface area contributed by atoms with Gasteiger partial charge in [-0.05, 0) is 48.5 Å². The Kier molecular flexibility index (Phi) is 7.93. The third-order valence-electron chi connectivity index (χ3n) is 6.98. The number of nitrogens with zero attached hydrogens (tertiary/aromatic N) is 4. The molecule has 2 heterocycles. The van der Waals surface area contributed by atoms with Gasteiger partial charge in [-0.3, -0.25) is 19.6 Å². The number of hydrogen-bond acceptors (Lipinski definition) is 6. The van der Waals surface area contributed by atoms with Crippen LogP contribution >= 0.6 is 0 Å². The van der Waals surface area contributed by atoms with Crippen LogP contribution < -0.4 is 18.9 Å². The predicted molar refractivity (Wildman–Crippen MR) is 153 cm³/mol. The smallest absolute Gasteiger partial charge is 0.328 e. The van der Waals surface area contributed by atoms with Crippen molar-refractivity contribution in [2.75, 3.05) is 26.9 Å². The molecule has 0 unspecified atom stereocenters. The second-order valence-corrected chi connectivity index (χ2v) is 9.62. The van der Waals surface area contributed by atoms with E-state index in [4.69, 9.17) is 18.9 Å². The van der Waals surface area contributed by atoms with E-state index >= 15 is 0 Å². The van der Waals surface area contributed by atoms with E-state index in [1.165, 1.54) is 19.6 Å². The SMILES string of the molecule is O=C1N(COc2ccccc2)C2C(N1COc1ccccc1)N(COc1ccccc1)C(=O)N2COc1ccccc1. The summed E-state index contributed by atoms with van der Waals surface area (Å²) in [5.74, 6) is 2.39. The second-order valence-electron chi connectivity index (χ2n) is 9.62. The molecule has 42 heavy (non-hydrogen) atoms. The number of para-hydroxylation sites is 4. The molecule has 214 valence electrons. The molecule has 4 aromatic rings. The third-order valence-corrected chi connectivity index (χ3v) is 6.98. The van der Waals surface area contributed by atoms with Crippen LogP contribution in [0.15, 0.2) is 121 Å². The van der Waals surface area contributed by atoms with Gasteiger partial charge in [0.2, 0.25) is 0 Å². The lowest BCUT2D eigenvalue weighted by molar-refractivity contribution is 0.0277. The third kappa shape index (κ3) is 5.73. The summed E-state index contributed by atoms with van der Waals surface area (Å²) in [6.45, 7) is -0.356. The van der Waals surface area contributed by atoms with Crippen LogP contribution in [0.4, 0.5) is 9.59 Å². The van der Waals surface area contributed by atoms with Crippen LogP contribution in [0, 0.1) is 0 Å². The normalized spacial score (nSPS) is 17.8. The molecule has 0 aliphatic carbocycles. The predicted octanol–water partition coefficient (Wildman–Crippen LogP) is 5.26. The van der Waals surface area contributed by atoms with E-state index in [0.717, 1.165) is 0 Å². The fraction of sp³-hybridized carbons (Fsp3) is 0.188. The summed E-state index contributed by atoms with van der Waals surface area (Å²) in [7, 11) is 0. The number of rotatable bonds is 12. The Hall–Kier alpha value is -5.38. The van der Waals surface area contributed by atoms with Gasteiger partial charge in [-0.15, -0.1) is 0 Å². The fourth-order valence-corrected chi connectivity index (χ4v) is 4.93. The summed E-state index contributed by atoms with van der Waals surface area (Å²) in [6.07, 6.45) is -1.48. The highest BCUT2D eigenvalue weighted by Crippen LogP contribution is 2.35. The largest absolute Gasteiger partial charge is 0.473 e. The standard InChI is InChI=1S/C32H30N4O6/c37-31-33(21-39-25-13-5-1-6-14-25)29-30(35(31)23-41-27-17-9-3-10-18-27)36(24-42-28-19-11-4-12-20-28)32(38)34(29)22-40-26-15-7-2-8-16-26/h1-20,29-30H,21-24H2. The van der Waals surface area contributed by atoms with Gasteiger partial charge in [0.1, 0.15) is 23.0 Å². The average Bonchev–Trinajstić information content (AvgIpc) is 3.47. The van der Waals surface area contributed by atoms with Crippen LogP contribution in [-0.4, -0.2) is 70.9 Å². The zero-order valence-corrected chi connectivity index (χ0v) is 22.8. The Bertz CT molecular complexity index is 1240.